The molecule has 4 rings (SSSR count). The number of amides is 1. The molecule has 2 aliphatic heterocycles. The van der Waals surface area contributed by atoms with Gasteiger partial charge in [-0.1, -0.05) is 19.8 Å². The zero-order chi connectivity index (χ0) is 17.1. The monoisotopic (exact) mass is 321 g/mol. The lowest BCUT2D eigenvalue weighted by Gasteiger charge is -2.46. The van der Waals surface area contributed by atoms with E-state index in [1.54, 1.807) is 4.90 Å². The molecule has 0 aromatic heterocycles. The molecule has 3 aliphatic rings. The molecule has 0 saturated heterocycles. The highest BCUT2D eigenvalue weighted by molar-refractivity contribution is 6.35. The normalized spacial score (nSPS) is 23.2. The summed E-state index contributed by atoms with van der Waals surface area (Å²) in [5.41, 5.74) is 1.51. The molecule has 4 nitrogen and oxygen atoms in total. The summed E-state index contributed by atoms with van der Waals surface area (Å²) in [7, 11) is 0. The van der Waals surface area contributed by atoms with Gasteiger partial charge in [0.2, 0.25) is 0 Å². The summed E-state index contributed by atoms with van der Waals surface area (Å²) in [4.78, 5) is 14.9. The Kier molecular flexibility index (Phi) is 3.05. The van der Waals surface area contributed by atoms with Crippen LogP contribution in [0.2, 0.25) is 0 Å². The minimum Gasteiger partial charge on any atom is -0.301 e. The van der Waals surface area contributed by atoms with E-state index in [0.29, 0.717) is 5.56 Å². The highest BCUT2D eigenvalue weighted by Crippen LogP contribution is 2.56. The highest BCUT2D eigenvalue weighted by Gasteiger charge is 2.53. The van der Waals surface area contributed by atoms with E-state index in [0.717, 1.165) is 43.4 Å². The van der Waals surface area contributed by atoms with Crippen molar-refractivity contribution in [1.29, 1.82) is 10.5 Å². The number of nitrogens with zero attached hydrogens (tertiary/aromatic N) is 3. The number of rotatable bonds is 0. The number of carbonyl (C=O) groups is 1. The van der Waals surface area contributed by atoms with E-state index in [9.17, 15) is 19.7 Å². The Balaban J connectivity index is 2.07. The maximum atomic E-state index is 14.2. The molecule has 5 heteroatoms. The second-order valence-corrected chi connectivity index (χ2v) is 7.04. The first kappa shape index (κ1) is 14.9. The fourth-order valence-corrected chi connectivity index (χ4v) is 4.83. The van der Waals surface area contributed by atoms with Crippen molar-refractivity contribution in [2.45, 2.75) is 50.5 Å². The number of hydrogen-bond acceptors (Lipinski definition) is 3. The Morgan fingerprint density at radius 3 is 2.58 bits per heavy atom. The average molecular weight is 321 g/mol. The number of benzene rings is 1. The van der Waals surface area contributed by atoms with Gasteiger partial charge in [-0.15, -0.1) is 0 Å². The summed E-state index contributed by atoms with van der Waals surface area (Å²) in [5.74, 6) is -0.604. The lowest BCUT2D eigenvalue weighted by Crippen LogP contribution is -2.52. The van der Waals surface area contributed by atoms with Crippen LogP contribution in [0.4, 0.5) is 10.1 Å². The van der Waals surface area contributed by atoms with E-state index < -0.39 is 5.82 Å². The molecule has 1 spiro atoms. The first-order chi connectivity index (χ1) is 11.5. The molecule has 0 unspecified atom stereocenters. The molecule has 1 aliphatic carbocycles. The minimum absolute atomic E-state index is 0.0659. The zero-order valence-corrected chi connectivity index (χ0v) is 13.4. The number of halogens is 1. The molecule has 1 atom stereocenters. The van der Waals surface area contributed by atoms with Crippen molar-refractivity contribution in [2.24, 2.45) is 0 Å². The van der Waals surface area contributed by atoms with E-state index in [1.165, 1.54) is 12.1 Å². The maximum absolute atomic E-state index is 14.2. The van der Waals surface area contributed by atoms with Crippen LogP contribution in [0, 0.1) is 28.5 Å². The molecule has 1 amide bonds. The van der Waals surface area contributed by atoms with Gasteiger partial charge in [0.05, 0.1) is 11.3 Å². The molecule has 120 valence electrons. The van der Waals surface area contributed by atoms with Crippen molar-refractivity contribution >= 4 is 17.2 Å². The number of hydrogen-bond donors (Lipinski definition) is 0. The molecule has 2 heterocycles. The third kappa shape index (κ3) is 1.73. The molecule has 1 aromatic rings. The van der Waals surface area contributed by atoms with Crippen LogP contribution in [0.5, 0.6) is 0 Å². The van der Waals surface area contributed by atoms with E-state index in [1.807, 2.05) is 12.1 Å². The van der Waals surface area contributed by atoms with E-state index in [4.69, 9.17) is 0 Å². The van der Waals surface area contributed by atoms with Crippen molar-refractivity contribution in [3.63, 3.8) is 0 Å². The van der Waals surface area contributed by atoms with Gasteiger partial charge in [0, 0.05) is 11.1 Å². The molecule has 0 bridgehead atoms. The van der Waals surface area contributed by atoms with Crippen LogP contribution in [-0.2, 0) is 4.79 Å². The van der Waals surface area contributed by atoms with Crippen LogP contribution in [0.15, 0.2) is 17.7 Å². The van der Waals surface area contributed by atoms with Crippen LogP contribution in [0.25, 0.3) is 5.57 Å². The molecular weight excluding hydrogens is 305 g/mol. The maximum Gasteiger partial charge on any atom is 0.261 e. The van der Waals surface area contributed by atoms with Gasteiger partial charge < -0.3 is 4.90 Å². The Bertz CT molecular complexity index is 865. The zero-order valence-electron chi connectivity index (χ0n) is 13.4. The largest absolute Gasteiger partial charge is 0.301 e. The van der Waals surface area contributed by atoms with Crippen molar-refractivity contribution in [2.75, 3.05) is 4.90 Å². The molecule has 0 radical (unpaired) electrons. The molecule has 1 fully saturated rings. The van der Waals surface area contributed by atoms with E-state index >= 15 is 0 Å². The summed E-state index contributed by atoms with van der Waals surface area (Å²) < 4.78 is 14.2. The fraction of sp³-hybridized carbons (Fsp3) is 0.421. The highest BCUT2D eigenvalue weighted by atomic mass is 19.1. The van der Waals surface area contributed by atoms with Gasteiger partial charge in [-0.2, -0.15) is 10.5 Å². The first-order valence-corrected chi connectivity index (χ1v) is 8.25. The standard InChI is InChI=1S/C19H16FN3O/c1-11-8-19(4-2-3-5-19)23-17-14(11)6-13(20)7-15(17)16(18(23)24)12(9-21)10-22/h6-7,11H,2-5,8H2,1H3/t11-/m0/s1. The smallest absolute Gasteiger partial charge is 0.261 e. The van der Waals surface area contributed by atoms with Gasteiger partial charge in [0.1, 0.15) is 23.5 Å². The molecule has 1 aromatic carbocycles. The van der Waals surface area contributed by atoms with E-state index in [-0.39, 0.29) is 28.5 Å². The Hall–Kier alpha value is -2.66. The number of carbonyl (C=O) groups excluding carboxylic acids is 1. The van der Waals surface area contributed by atoms with Crippen LogP contribution in [0.1, 0.15) is 56.1 Å². The average Bonchev–Trinajstić information content (AvgIpc) is 3.11. The third-order valence-corrected chi connectivity index (χ3v) is 5.71. The van der Waals surface area contributed by atoms with Crippen molar-refractivity contribution in [3.05, 3.63) is 34.6 Å². The molecule has 1 saturated carbocycles. The summed E-state index contributed by atoms with van der Waals surface area (Å²) in [6.45, 7) is 2.06. The van der Waals surface area contributed by atoms with Gasteiger partial charge in [-0.25, -0.2) is 4.39 Å². The predicted molar refractivity (Wildman–Crippen MR) is 86.3 cm³/mol. The van der Waals surface area contributed by atoms with Crippen LogP contribution in [0.3, 0.4) is 0 Å². The Morgan fingerprint density at radius 2 is 1.96 bits per heavy atom. The molecule has 24 heavy (non-hydrogen) atoms. The van der Waals surface area contributed by atoms with Gasteiger partial charge in [0.25, 0.3) is 5.91 Å². The SMILES string of the molecule is C[C@H]1CC2(CCCC2)N2C(=O)C(=C(C#N)C#N)c3cc(F)cc1c32. The van der Waals surface area contributed by atoms with Gasteiger partial charge in [0.15, 0.2) is 0 Å². The lowest BCUT2D eigenvalue weighted by molar-refractivity contribution is -0.114. The quantitative estimate of drug-likeness (QED) is 0.539. The summed E-state index contributed by atoms with van der Waals surface area (Å²) in [6, 6.07) is 6.40. The van der Waals surface area contributed by atoms with Crippen LogP contribution < -0.4 is 4.90 Å². The molecular formula is C19H16FN3O. The summed E-state index contributed by atoms with van der Waals surface area (Å²) in [6.07, 6.45) is 4.76. The first-order valence-electron chi connectivity index (χ1n) is 8.25. The number of fused-ring (bicyclic) bond motifs is 1. The van der Waals surface area contributed by atoms with E-state index in [2.05, 4.69) is 6.92 Å². The topological polar surface area (TPSA) is 67.9 Å². The lowest BCUT2D eigenvalue weighted by atomic mass is 9.77. The summed E-state index contributed by atoms with van der Waals surface area (Å²) in [5, 5.41) is 18.5. The number of anilines is 1. The number of allylic oxidation sites excluding steroid dienone is 1. The van der Waals surface area contributed by atoms with Crippen molar-refractivity contribution < 1.29 is 9.18 Å². The van der Waals surface area contributed by atoms with Crippen molar-refractivity contribution in [1.82, 2.24) is 0 Å². The predicted octanol–water partition coefficient (Wildman–Crippen LogP) is 3.79. The fourth-order valence-electron chi connectivity index (χ4n) is 4.83. The minimum atomic E-state index is -0.430. The third-order valence-electron chi connectivity index (χ3n) is 5.71. The van der Waals surface area contributed by atoms with Crippen LogP contribution >= 0.6 is 0 Å². The Labute approximate surface area is 139 Å². The van der Waals surface area contributed by atoms with Gasteiger partial charge in [-0.3, -0.25) is 4.79 Å². The van der Waals surface area contributed by atoms with Gasteiger partial charge in [-0.05, 0) is 42.9 Å². The second kappa shape index (κ2) is 4.92. The van der Waals surface area contributed by atoms with Crippen LogP contribution in [-0.4, -0.2) is 11.4 Å². The summed E-state index contributed by atoms with van der Waals surface area (Å²) >= 11 is 0. The van der Waals surface area contributed by atoms with Crippen molar-refractivity contribution in [3.8, 4) is 12.1 Å². The second-order valence-electron chi connectivity index (χ2n) is 7.04. The van der Waals surface area contributed by atoms with Gasteiger partial charge >= 0.3 is 0 Å². The Morgan fingerprint density at radius 1 is 1.29 bits per heavy atom. The molecule has 0 N–H and O–H groups in total. The number of nitriles is 2.